The van der Waals surface area contributed by atoms with Crippen LogP contribution in [0.5, 0.6) is 0 Å². The van der Waals surface area contributed by atoms with Crippen LogP contribution in [0.3, 0.4) is 0 Å². The van der Waals surface area contributed by atoms with Crippen LogP contribution in [-0.2, 0) is 0 Å². The van der Waals surface area contributed by atoms with Crippen molar-refractivity contribution in [3.05, 3.63) is 63.5 Å². The zero-order chi connectivity index (χ0) is 15.9. The van der Waals surface area contributed by atoms with Crippen LogP contribution in [0.2, 0.25) is 0 Å². The van der Waals surface area contributed by atoms with E-state index >= 15 is 0 Å². The Labute approximate surface area is 137 Å². The number of carbonyl (C=O) groups is 1. The lowest BCUT2D eigenvalue weighted by molar-refractivity contribution is 0.102. The summed E-state index contributed by atoms with van der Waals surface area (Å²) >= 11 is 3.46. The van der Waals surface area contributed by atoms with E-state index in [-0.39, 0.29) is 5.91 Å². The van der Waals surface area contributed by atoms with Crippen molar-refractivity contribution in [3.63, 3.8) is 0 Å². The van der Waals surface area contributed by atoms with Crippen molar-refractivity contribution in [2.75, 3.05) is 5.32 Å². The van der Waals surface area contributed by atoms with Gasteiger partial charge in [0.2, 0.25) is 0 Å². The Morgan fingerprint density at radius 1 is 1.18 bits per heavy atom. The maximum Gasteiger partial charge on any atom is 0.274 e. The summed E-state index contributed by atoms with van der Waals surface area (Å²) in [4.78, 5) is 17.1. The van der Waals surface area contributed by atoms with Crippen LogP contribution < -0.4 is 5.32 Å². The van der Waals surface area contributed by atoms with Gasteiger partial charge >= 0.3 is 0 Å². The third-order valence-corrected chi connectivity index (χ3v) is 4.46. The molecule has 0 radical (unpaired) electrons. The summed E-state index contributed by atoms with van der Waals surface area (Å²) in [7, 11) is 0. The van der Waals surface area contributed by atoms with E-state index in [0.29, 0.717) is 5.69 Å². The predicted molar refractivity (Wildman–Crippen MR) is 91.5 cm³/mol. The fourth-order valence-corrected chi connectivity index (χ4v) is 2.70. The molecule has 5 heteroatoms. The second-order valence-electron chi connectivity index (χ2n) is 5.40. The van der Waals surface area contributed by atoms with Crippen LogP contribution >= 0.6 is 15.9 Å². The monoisotopic (exact) mass is 357 g/mol. The first-order chi connectivity index (χ1) is 10.5. The molecular weight excluding hydrogens is 342 g/mol. The minimum Gasteiger partial charge on any atom is -0.321 e. The van der Waals surface area contributed by atoms with Gasteiger partial charge in [-0.05, 0) is 56.2 Å². The van der Waals surface area contributed by atoms with Crippen LogP contribution in [-0.4, -0.2) is 15.3 Å². The molecule has 0 aliphatic carbocycles. The molecule has 0 spiro atoms. The fourth-order valence-electron chi connectivity index (χ4n) is 2.45. The second kappa shape index (κ2) is 5.57. The number of aromatic nitrogens is 2. The van der Waals surface area contributed by atoms with Gasteiger partial charge < -0.3 is 5.32 Å². The molecule has 1 aromatic carbocycles. The first-order valence-electron chi connectivity index (χ1n) is 6.98. The highest BCUT2D eigenvalue weighted by Crippen LogP contribution is 2.21. The summed E-state index contributed by atoms with van der Waals surface area (Å²) in [5, 5.41) is 2.94. The summed E-state index contributed by atoms with van der Waals surface area (Å²) in [6.45, 7) is 5.83. The molecule has 0 fully saturated rings. The first kappa shape index (κ1) is 14.8. The lowest BCUT2D eigenvalue weighted by Crippen LogP contribution is -2.15. The van der Waals surface area contributed by atoms with Gasteiger partial charge in [-0.2, -0.15) is 0 Å². The summed E-state index contributed by atoms with van der Waals surface area (Å²) in [6, 6.07) is 9.64. The van der Waals surface area contributed by atoms with Crippen LogP contribution in [0.1, 0.15) is 27.3 Å². The van der Waals surface area contributed by atoms with Crippen molar-refractivity contribution in [2.45, 2.75) is 20.8 Å². The number of fused-ring (bicyclic) bond motifs is 1. The Bertz CT molecular complexity index is 883. The predicted octanol–water partition coefficient (Wildman–Crippen LogP) is 4.27. The highest BCUT2D eigenvalue weighted by Gasteiger charge is 2.17. The van der Waals surface area contributed by atoms with E-state index in [2.05, 4.69) is 26.2 Å². The van der Waals surface area contributed by atoms with Gasteiger partial charge in [0.25, 0.3) is 5.91 Å². The van der Waals surface area contributed by atoms with Crippen molar-refractivity contribution < 1.29 is 4.79 Å². The Balaban J connectivity index is 2.00. The number of amides is 1. The first-order valence-corrected chi connectivity index (χ1v) is 7.78. The Morgan fingerprint density at radius 2 is 1.95 bits per heavy atom. The molecule has 3 rings (SSSR count). The van der Waals surface area contributed by atoms with Crippen molar-refractivity contribution in [1.29, 1.82) is 0 Å². The minimum atomic E-state index is -0.155. The quantitative estimate of drug-likeness (QED) is 0.744. The van der Waals surface area contributed by atoms with Gasteiger partial charge in [0.1, 0.15) is 11.3 Å². The van der Waals surface area contributed by atoms with Crippen LogP contribution in [0.15, 0.2) is 41.0 Å². The van der Waals surface area contributed by atoms with Gasteiger partial charge in [0, 0.05) is 16.4 Å². The maximum absolute atomic E-state index is 12.6. The Kier molecular flexibility index (Phi) is 3.74. The molecule has 22 heavy (non-hydrogen) atoms. The molecule has 3 aromatic rings. The summed E-state index contributed by atoms with van der Waals surface area (Å²) in [5.74, 6) is -0.155. The number of hydrogen-bond donors (Lipinski definition) is 1. The average Bonchev–Trinajstić information content (AvgIpc) is 2.78. The number of rotatable bonds is 2. The molecule has 4 nitrogen and oxygen atoms in total. The fraction of sp³-hybridized carbons (Fsp3) is 0.176. The number of nitrogens with zero attached hydrogens (tertiary/aromatic N) is 2. The summed E-state index contributed by atoms with van der Waals surface area (Å²) < 4.78 is 2.86. The van der Waals surface area contributed by atoms with Gasteiger partial charge in [0.15, 0.2) is 0 Å². The van der Waals surface area contributed by atoms with E-state index in [4.69, 9.17) is 0 Å². The lowest BCUT2D eigenvalue weighted by Gasteiger charge is -2.08. The second-order valence-corrected chi connectivity index (χ2v) is 6.25. The Hall–Kier alpha value is -2.14. The molecule has 0 bridgehead atoms. The molecule has 0 saturated heterocycles. The third-order valence-electron chi connectivity index (χ3n) is 3.57. The zero-order valence-corrected chi connectivity index (χ0v) is 14.2. The van der Waals surface area contributed by atoms with Gasteiger partial charge in [-0.15, -0.1) is 0 Å². The molecule has 0 unspecified atom stereocenters. The number of nitrogens with one attached hydrogen (secondary N) is 1. The molecule has 0 saturated carbocycles. The van der Waals surface area contributed by atoms with E-state index in [1.54, 1.807) is 0 Å². The SMILES string of the molecule is Cc1ccc2nc(C)c(C(=O)Nc3ccc(Br)c(C)c3)n2c1. The van der Waals surface area contributed by atoms with Crippen molar-refractivity contribution >= 4 is 33.2 Å². The van der Waals surface area contributed by atoms with E-state index in [9.17, 15) is 4.79 Å². The van der Waals surface area contributed by atoms with E-state index in [1.807, 2.05) is 61.7 Å². The van der Waals surface area contributed by atoms with E-state index in [0.717, 1.165) is 32.6 Å². The molecule has 2 heterocycles. The number of halogens is 1. The van der Waals surface area contributed by atoms with Crippen molar-refractivity contribution in [1.82, 2.24) is 9.38 Å². The Morgan fingerprint density at radius 3 is 2.68 bits per heavy atom. The largest absolute Gasteiger partial charge is 0.321 e. The average molecular weight is 358 g/mol. The number of carbonyl (C=O) groups excluding carboxylic acids is 1. The minimum absolute atomic E-state index is 0.155. The molecule has 1 amide bonds. The maximum atomic E-state index is 12.6. The molecule has 0 aliphatic rings. The molecular formula is C17H16BrN3O. The van der Waals surface area contributed by atoms with E-state index < -0.39 is 0 Å². The van der Waals surface area contributed by atoms with E-state index in [1.165, 1.54) is 0 Å². The van der Waals surface area contributed by atoms with Gasteiger partial charge in [0.05, 0.1) is 5.69 Å². The number of aryl methyl sites for hydroxylation is 3. The number of anilines is 1. The number of benzene rings is 1. The topological polar surface area (TPSA) is 46.4 Å². The molecule has 2 aromatic heterocycles. The van der Waals surface area contributed by atoms with Crippen LogP contribution in [0.25, 0.3) is 5.65 Å². The number of imidazole rings is 1. The van der Waals surface area contributed by atoms with Crippen LogP contribution in [0, 0.1) is 20.8 Å². The van der Waals surface area contributed by atoms with Gasteiger partial charge in [-0.25, -0.2) is 4.98 Å². The lowest BCUT2D eigenvalue weighted by atomic mass is 10.2. The van der Waals surface area contributed by atoms with Gasteiger partial charge in [-0.1, -0.05) is 22.0 Å². The number of pyridine rings is 1. The smallest absolute Gasteiger partial charge is 0.274 e. The summed E-state index contributed by atoms with van der Waals surface area (Å²) in [5.41, 5.74) is 4.99. The number of hydrogen-bond acceptors (Lipinski definition) is 2. The molecule has 0 aliphatic heterocycles. The zero-order valence-electron chi connectivity index (χ0n) is 12.6. The highest BCUT2D eigenvalue weighted by molar-refractivity contribution is 9.10. The molecule has 1 N–H and O–H groups in total. The van der Waals surface area contributed by atoms with Crippen LogP contribution in [0.4, 0.5) is 5.69 Å². The normalized spacial score (nSPS) is 10.9. The van der Waals surface area contributed by atoms with Crippen molar-refractivity contribution in [3.8, 4) is 0 Å². The third kappa shape index (κ3) is 2.64. The molecule has 0 atom stereocenters. The highest BCUT2D eigenvalue weighted by atomic mass is 79.9. The van der Waals surface area contributed by atoms with Crippen molar-refractivity contribution in [2.24, 2.45) is 0 Å². The molecule has 112 valence electrons. The summed E-state index contributed by atoms with van der Waals surface area (Å²) in [6.07, 6.45) is 1.93. The van der Waals surface area contributed by atoms with Gasteiger partial charge in [-0.3, -0.25) is 9.20 Å². The standard InChI is InChI=1S/C17H16BrN3O/c1-10-4-7-15-19-12(3)16(21(15)9-10)17(22)20-13-5-6-14(18)11(2)8-13/h4-9H,1-3H3,(H,20,22).